The summed E-state index contributed by atoms with van der Waals surface area (Å²) in [6.45, 7) is 3.92. The van der Waals surface area contributed by atoms with Crippen molar-refractivity contribution in [1.82, 2.24) is 19.3 Å². The van der Waals surface area contributed by atoms with Gasteiger partial charge in [-0.15, -0.1) is 0 Å². The van der Waals surface area contributed by atoms with Gasteiger partial charge in [-0.25, -0.2) is 17.9 Å². The van der Waals surface area contributed by atoms with Crippen molar-refractivity contribution in [3.8, 4) is 0 Å². The van der Waals surface area contributed by atoms with Crippen LogP contribution < -0.4 is 4.72 Å². The Morgan fingerprint density at radius 1 is 0.886 bits per heavy atom. The van der Waals surface area contributed by atoms with Crippen LogP contribution in [0.2, 0.25) is 0 Å². The van der Waals surface area contributed by atoms with E-state index in [-0.39, 0.29) is 4.90 Å². The summed E-state index contributed by atoms with van der Waals surface area (Å²) in [6.07, 6.45) is 3.36. The van der Waals surface area contributed by atoms with Gasteiger partial charge in [0.25, 0.3) is 0 Å². The van der Waals surface area contributed by atoms with Crippen molar-refractivity contribution < 1.29 is 8.42 Å². The predicted molar refractivity (Wildman–Crippen MR) is 138 cm³/mol. The molecule has 0 amide bonds. The highest BCUT2D eigenvalue weighted by molar-refractivity contribution is 7.99. The number of aryl methyl sites for hydroxylation is 2. The van der Waals surface area contributed by atoms with Gasteiger partial charge >= 0.3 is 0 Å². The molecule has 0 aliphatic rings. The minimum absolute atomic E-state index is 0.209. The smallest absolute Gasteiger partial charge is 0.235 e. The number of benzene rings is 3. The fourth-order valence-electron chi connectivity index (χ4n) is 3.98. The van der Waals surface area contributed by atoms with E-state index in [9.17, 15) is 8.42 Å². The van der Waals surface area contributed by atoms with E-state index in [1.165, 1.54) is 0 Å². The predicted octanol–water partition coefficient (Wildman–Crippen LogP) is 5.57. The number of fused-ring (bicyclic) bond motifs is 1. The van der Waals surface area contributed by atoms with Crippen LogP contribution in [0.25, 0.3) is 5.65 Å². The lowest BCUT2D eigenvalue weighted by atomic mass is 10.00. The van der Waals surface area contributed by atoms with Gasteiger partial charge in [-0.3, -0.25) is 0 Å². The highest BCUT2D eigenvalue weighted by Crippen LogP contribution is 2.38. The van der Waals surface area contributed by atoms with Crippen molar-refractivity contribution in [1.29, 1.82) is 0 Å². The molecule has 1 unspecified atom stereocenters. The standard InChI is InChI=1S/C27H24N4O2S2/c1-19-13-15-22(16-14-19)35(32,33)30-27(23-18-28-25-12-7-17-29-31(23)25)26-20(2)8-6-11-24(26)34-21-9-4-3-5-10-21/h3-18,27,30H,1-2H3. The molecule has 2 heterocycles. The molecule has 176 valence electrons. The third kappa shape index (κ3) is 4.86. The zero-order chi connectivity index (χ0) is 24.4. The van der Waals surface area contributed by atoms with Crippen LogP contribution in [0, 0.1) is 13.8 Å². The molecule has 1 N–H and O–H groups in total. The summed E-state index contributed by atoms with van der Waals surface area (Å²) in [5, 5.41) is 4.46. The van der Waals surface area contributed by atoms with Gasteiger partial charge in [0, 0.05) is 16.0 Å². The van der Waals surface area contributed by atoms with Gasteiger partial charge in [0.05, 0.1) is 22.8 Å². The molecule has 8 heteroatoms. The van der Waals surface area contributed by atoms with E-state index in [1.807, 2.05) is 74.5 Å². The molecule has 5 aromatic rings. The van der Waals surface area contributed by atoms with Crippen molar-refractivity contribution in [2.24, 2.45) is 0 Å². The van der Waals surface area contributed by atoms with Gasteiger partial charge in [0.15, 0.2) is 5.65 Å². The van der Waals surface area contributed by atoms with Crippen molar-refractivity contribution in [2.75, 3.05) is 0 Å². The molecule has 6 nitrogen and oxygen atoms in total. The normalized spacial score (nSPS) is 12.6. The third-order valence-electron chi connectivity index (χ3n) is 5.75. The molecule has 0 saturated heterocycles. The second kappa shape index (κ2) is 9.65. The summed E-state index contributed by atoms with van der Waals surface area (Å²) in [7, 11) is -3.85. The second-order valence-corrected chi connectivity index (χ2v) is 11.1. The van der Waals surface area contributed by atoms with Crippen molar-refractivity contribution in [3.05, 3.63) is 120 Å². The Bertz CT molecular complexity index is 1580. The average molecular weight is 501 g/mol. The fraction of sp³-hybridized carbons (Fsp3) is 0.111. The Hall–Kier alpha value is -3.46. The summed E-state index contributed by atoms with van der Waals surface area (Å²) >= 11 is 1.60. The van der Waals surface area contributed by atoms with Gasteiger partial charge < -0.3 is 0 Å². The van der Waals surface area contributed by atoms with Crippen LogP contribution in [-0.4, -0.2) is 23.0 Å². The Labute approximate surface area is 209 Å². The maximum atomic E-state index is 13.6. The number of nitrogens with zero attached hydrogens (tertiary/aromatic N) is 3. The molecule has 35 heavy (non-hydrogen) atoms. The summed E-state index contributed by atoms with van der Waals surface area (Å²) in [5.74, 6) is 0. The zero-order valence-corrected chi connectivity index (χ0v) is 20.9. The lowest BCUT2D eigenvalue weighted by Gasteiger charge is -2.23. The molecule has 3 aromatic carbocycles. The molecule has 0 bridgehead atoms. The average Bonchev–Trinajstić information content (AvgIpc) is 3.28. The van der Waals surface area contributed by atoms with Crippen LogP contribution in [0.3, 0.4) is 0 Å². The van der Waals surface area contributed by atoms with Crippen LogP contribution in [0.4, 0.5) is 0 Å². The van der Waals surface area contributed by atoms with Crippen molar-refractivity contribution in [2.45, 2.75) is 34.6 Å². The molecule has 5 rings (SSSR count). The zero-order valence-electron chi connectivity index (χ0n) is 19.3. The van der Waals surface area contributed by atoms with Crippen LogP contribution in [0.15, 0.2) is 112 Å². The second-order valence-electron chi connectivity index (χ2n) is 8.25. The summed E-state index contributed by atoms with van der Waals surface area (Å²) in [5.41, 5.74) is 4.11. The first-order chi connectivity index (χ1) is 16.9. The van der Waals surface area contributed by atoms with E-state index in [2.05, 4.69) is 14.8 Å². The minimum Gasteiger partial charge on any atom is -0.235 e. The van der Waals surface area contributed by atoms with Crippen LogP contribution in [0.1, 0.15) is 28.4 Å². The molecular weight excluding hydrogens is 476 g/mol. The van der Waals surface area contributed by atoms with E-state index in [4.69, 9.17) is 0 Å². The van der Waals surface area contributed by atoms with Crippen molar-refractivity contribution >= 4 is 27.4 Å². The maximum Gasteiger partial charge on any atom is 0.241 e. The number of sulfonamides is 1. The summed E-state index contributed by atoms with van der Waals surface area (Å²) < 4.78 is 31.8. The number of nitrogens with one attached hydrogen (secondary N) is 1. The van der Waals surface area contributed by atoms with Gasteiger partial charge in [-0.2, -0.15) is 9.82 Å². The van der Waals surface area contributed by atoms with Gasteiger partial charge in [-0.05, 0) is 67.4 Å². The number of hydrogen-bond donors (Lipinski definition) is 1. The van der Waals surface area contributed by atoms with E-state index in [0.29, 0.717) is 11.3 Å². The summed E-state index contributed by atoms with van der Waals surface area (Å²) in [6, 6.07) is 25.8. The largest absolute Gasteiger partial charge is 0.241 e. The Kier molecular flexibility index (Phi) is 6.42. The fourth-order valence-corrected chi connectivity index (χ4v) is 6.24. The molecular formula is C27H24N4O2S2. The Balaban J connectivity index is 1.67. The first-order valence-corrected chi connectivity index (χ1v) is 13.4. The molecule has 0 fully saturated rings. The molecule has 0 radical (unpaired) electrons. The van der Waals surface area contributed by atoms with E-state index in [0.717, 1.165) is 26.5 Å². The lowest BCUT2D eigenvalue weighted by Crippen LogP contribution is -2.31. The van der Waals surface area contributed by atoms with Gasteiger partial charge in [0.1, 0.15) is 0 Å². The van der Waals surface area contributed by atoms with Gasteiger partial charge in [-0.1, -0.05) is 59.8 Å². The number of rotatable bonds is 7. The van der Waals surface area contributed by atoms with Crippen molar-refractivity contribution in [3.63, 3.8) is 0 Å². The monoisotopic (exact) mass is 500 g/mol. The van der Waals surface area contributed by atoms with Crippen LogP contribution in [-0.2, 0) is 10.0 Å². The third-order valence-corrected chi connectivity index (χ3v) is 8.27. The highest BCUT2D eigenvalue weighted by atomic mass is 32.2. The molecule has 2 aromatic heterocycles. The molecule has 0 aliphatic heterocycles. The van der Waals surface area contributed by atoms with Gasteiger partial charge in [0.2, 0.25) is 10.0 Å². The molecule has 1 atom stereocenters. The topological polar surface area (TPSA) is 76.4 Å². The number of imidazole rings is 1. The Morgan fingerprint density at radius 3 is 2.43 bits per heavy atom. The Morgan fingerprint density at radius 2 is 1.66 bits per heavy atom. The van der Waals surface area contributed by atoms with E-state index >= 15 is 0 Å². The minimum atomic E-state index is -3.85. The van der Waals surface area contributed by atoms with Crippen LogP contribution in [0.5, 0.6) is 0 Å². The molecule has 0 aliphatic carbocycles. The van der Waals surface area contributed by atoms with Crippen LogP contribution >= 0.6 is 11.8 Å². The first kappa shape index (κ1) is 23.3. The lowest BCUT2D eigenvalue weighted by molar-refractivity contribution is 0.565. The van der Waals surface area contributed by atoms with E-state index < -0.39 is 16.1 Å². The number of hydrogen-bond acceptors (Lipinski definition) is 5. The molecule has 0 spiro atoms. The molecule has 0 saturated carbocycles. The quantitative estimate of drug-likeness (QED) is 0.316. The van der Waals surface area contributed by atoms with E-state index in [1.54, 1.807) is 52.9 Å². The SMILES string of the molecule is Cc1ccc(S(=O)(=O)NC(c2c(C)cccc2Sc2ccccc2)c2cnc3cccnn23)cc1. The summed E-state index contributed by atoms with van der Waals surface area (Å²) in [4.78, 5) is 6.71. The highest BCUT2D eigenvalue weighted by Gasteiger charge is 2.29. The first-order valence-electron chi connectivity index (χ1n) is 11.1. The number of aromatic nitrogens is 3. The maximum absolute atomic E-state index is 13.6.